The molecule has 0 bridgehead atoms. The Bertz CT molecular complexity index is 577. The lowest BCUT2D eigenvalue weighted by atomic mass is 10.0. The molecule has 2 aromatic rings. The quantitative estimate of drug-likeness (QED) is 0.936. The Balaban J connectivity index is 2.35. The van der Waals surface area contributed by atoms with Gasteiger partial charge in [0.2, 0.25) is 0 Å². The van der Waals surface area contributed by atoms with Crippen molar-refractivity contribution < 1.29 is 14.2 Å². The van der Waals surface area contributed by atoms with E-state index in [1.54, 1.807) is 24.4 Å². The molecule has 2 rings (SSSR count). The van der Waals surface area contributed by atoms with Crippen LogP contribution in [0.3, 0.4) is 0 Å². The lowest BCUT2D eigenvalue weighted by Gasteiger charge is -2.13. The van der Waals surface area contributed by atoms with E-state index < -0.39 is 11.9 Å². The highest BCUT2D eigenvalue weighted by atomic mass is 79.9. The summed E-state index contributed by atoms with van der Waals surface area (Å²) < 4.78 is 19.7. The van der Waals surface area contributed by atoms with E-state index in [9.17, 15) is 9.50 Å². The van der Waals surface area contributed by atoms with Crippen LogP contribution in [0.4, 0.5) is 4.39 Å². The van der Waals surface area contributed by atoms with Crippen LogP contribution in [0.2, 0.25) is 0 Å². The largest absolute Gasteiger partial charge is 0.492 e. The van der Waals surface area contributed by atoms with Crippen LogP contribution in [-0.4, -0.2) is 16.7 Å². The minimum absolute atomic E-state index is 0.199. The Morgan fingerprint density at radius 3 is 2.89 bits per heavy atom. The average molecular weight is 326 g/mol. The minimum atomic E-state index is -1.08. The van der Waals surface area contributed by atoms with Gasteiger partial charge in [0, 0.05) is 21.8 Å². The Labute approximate surface area is 119 Å². The molecule has 1 aromatic carbocycles. The predicted octanol–water partition coefficient (Wildman–Crippen LogP) is 3.46. The molecule has 0 spiro atoms. The minimum Gasteiger partial charge on any atom is -0.492 e. The molecular weight excluding hydrogens is 313 g/mol. The van der Waals surface area contributed by atoms with Crippen molar-refractivity contribution in [2.75, 3.05) is 6.61 Å². The van der Waals surface area contributed by atoms with Crippen LogP contribution < -0.4 is 4.74 Å². The maximum Gasteiger partial charge on any atom is 0.137 e. The number of pyridine rings is 1. The van der Waals surface area contributed by atoms with E-state index >= 15 is 0 Å². The van der Waals surface area contributed by atoms with Gasteiger partial charge in [-0.1, -0.05) is 15.9 Å². The molecule has 3 nitrogen and oxygen atoms in total. The molecule has 1 unspecified atom stereocenters. The summed E-state index contributed by atoms with van der Waals surface area (Å²) in [5.74, 6) is 0.0898. The van der Waals surface area contributed by atoms with Crippen molar-refractivity contribution in [3.63, 3.8) is 0 Å². The maximum atomic E-state index is 13.7. The Morgan fingerprint density at radius 1 is 1.37 bits per heavy atom. The van der Waals surface area contributed by atoms with Gasteiger partial charge in [-0.05, 0) is 31.2 Å². The number of benzene rings is 1. The van der Waals surface area contributed by atoms with Gasteiger partial charge in [0.05, 0.1) is 12.8 Å². The number of aromatic nitrogens is 1. The standard InChI is InChI=1S/C14H13BrFNO2/c1-2-19-11-5-9(7-17-8-11)14(18)12-6-10(15)3-4-13(12)16/h3-8,14,18H,2H2,1H3. The van der Waals surface area contributed by atoms with Crippen LogP contribution in [0.5, 0.6) is 5.75 Å². The molecule has 0 radical (unpaired) electrons. The monoisotopic (exact) mass is 325 g/mol. The van der Waals surface area contributed by atoms with E-state index in [2.05, 4.69) is 20.9 Å². The van der Waals surface area contributed by atoms with Crippen molar-refractivity contribution in [2.24, 2.45) is 0 Å². The molecule has 1 atom stereocenters. The van der Waals surface area contributed by atoms with Gasteiger partial charge in [-0.15, -0.1) is 0 Å². The zero-order valence-electron chi connectivity index (χ0n) is 10.3. The SMILES string of the molecule is CCOc1cncc(C(O)c2cc(Br)ccc2F)c1. The summed E-state index contributed by atoms with van der Waals surface area (Å²) in [7, 11) is 0. The Hall–Kier alpha value is -1.46. The normalized spacial score (nSPS) is 12.2. The number of halogens is 2. The number of nitrogens with zero attached hydrogens (tertiary/aromatic N) is 1. The van der Waals surface area contributed by atoms with Gasteiger partial charge in [0.15, 0.2) is 0 Å². The third-order valence-electron chi connectivity index (χ3n) is 2.61. The summed E-state index contributed by atoms with van der Waals surface area (Å²) >= 11 is 3.26. The number of aliphatic hydroxyl groups excluding tert-OH is 1. The second-order valence-corrected chi connectivity index (χ2v) is 4.87. The molecule has 0 aliphatic rings. The molecule has 0 fully saturated rings. The Kier molecular flexibility index (Phi) is 4.50. The third kappa shape index (κ3) is 3.30. The highest BCUT2D eigenvalue weighted by molar-refractivity contribution is 9.10. The summed E-state index contributed by atoms with van der Waals surface area (Å²) in [6, 6.07) is 6.09. The van der Waals surface area contributed by atoms with Gasteiger partial charge in [0.25, 0.3) is 0 Å². The first-order valence-corrected chi connectivity index (χ1v) is 6.62. The van der Waals surface area contributed by atoms with Crippen molar-refractivity contribution in [2.45, 2.75) is 13.0 Å². The number of aliphatic hydroxyl groups is 1. The van der Waals surface area contributed by atoms with Gasteiger partial charge < -0.3 is 9.84 Å². The van der Waals surface area contributed by atoms with Gasteiger partial charge in [-0.3, -0.25) is 4.98 Å². The highest BCUT2D eigenvalue weighted by Gasteiger charge is 2.16. The van der Waals surface area contributed by atoms with Gasteiger partial charge >= 0.3 is 0 Å². The molecule has 0 amide bonds. The van der Waals surface area contributed by atoms with Crippen molar-refractivity contribution in [1.82, 2.24) is 4.98 Å². The summed E-state index contributed by atoms with van der Waals surface area (Å²) in [4.78, 5) is 3.98. The van der Waals surface area contributed by atoms with Crippen LogP contribution in [0, 0.1) is 5.82 Å². The zero-order valence-corrected chi connectivity index (χ0v) is 11.9. The average Bonchev–Trinajstić information content (AvgIpc) is 2.41. The first-order chi connectivity index (χ1) is 9.11. The van der Waals surface area contributed by atoms with E-state index in [0.29, 0.717) is 22.4 Å². The summed E-state index contributed by atoms with van der Waals surface area (Å²) in [6.45, 7) is 2.36. The van der Waals surface area contributed by atoms with Gasteiger partial charge in [0.1, 0.15) is 17.7 Å². The number of rotatable bonds is 4. The van der Waals surface area contributed by atoms with Crippen molar-refractivity contribution in [1.29, 1.82) is 0 Å². The van der Waals surface area contributed by atoms with Crippen LogP contribution in [0.1, 0.15) is 24.2 Å². The maximum absolute atomic E-state index is 13.7. The molecular formula is C14H13BrFNO2. The summed E-state index contributed by atoms with van der Waals surface area (Å²) in [5, 5.41) is 10.2. The second kappa shape index (κ2) is 6.12. The van der Waals surface area contributed by atoms with E-state index in [0.717, 1.165) is 0 Å². The molecule has 1 N–H and O–H groups in total. The first-order valence-electron chi connectivity index (χ1n) is 5.82. The van der Waals surface area contributed by atoms with Crippen LogP contribution in [0.15, 0.2) is 41.1 Å². The number of hydrogen-bond donors (Lipinski definition) is 1. The third-order valence-corrected chi connectivity index (χ3v) is 3.11. The molecule has 0 saturated heterocycles. The molecule has 0 aliphatic carbocycles. The number of ether oxygens (including phenoxy) is 1. The van der Waals surface area contributed by atoms with Crippen LogP contribution in [-0.2, 0) is 0 Å². The molecule has 5 heteroatoms. The fraction of sp³-hybridized carbons (Fsp3) is 0.214. The van der Waals surface area contributed by atoms with Crippen molar-refractivity contribution >= 4 is 15.9 Å². The predicted molar refractivity (Wildman–Crippen MR) is 73.6 cm³/mol. The molecule has 100 valence electrons. The number of hydrogen-bond acceptors (Lipinski definition) is 3. The smallest absolute Gasteiger partial charge is 0.137 e. The molecule has 0 aliphatic heterocycles. The Morgan fingerprint density at radius 2 is 2.16 bits per heavy atom. The van der Waals surface area contributed by atoms with Gasteiger partial charge in [-0.2, -0.15) is 0 Å². The van der Waals surface area contributed by atoms with E-state index in [-0.39, 0.29) is 5.56 Å². The van der Waals surface area contributed by atoms with E-state index in [1.165, 1.54) is 12.3 Å². The molecule has 19 heavy (non-hydrogen) atoms. The summed E-state index contributed by atoms with van der Waals surface area (Å²) in [5.41, 5.74) is 0.688. The van der Waals surface area contributed by atoms with Crippen molar-refractivity contribution in [3.05, 3.63) is 58.1 Å². The fourth-order valence-electron chi connectivity index (χ4n) is 1.73. The summed E-state index contributed by atoms with van der Waals surface area (Å²) in [6.07, 6.45) is 1.97. The molecule has 1 aromatic heterocycles. The topological polar surface area (TPSA) is 42.4 Å². The molecule has 1 heterocycles. The molecule has 0 saturated carbocycles. The first kappa shape index (κ1) is 14.0. The highest BCUT2D eigenvalue weighted by Crippen LogP contribution is 2.28. The van der Waals surface area contributed by atoms with E-state index in [4.69, 9.17) is 4.74 Å². The lowest BCUT2D eigenvalue weighted by Crippen LogP contribution is -2.04. The van der Waals surface area contributed by atoms with Crippen LogP contribution >= 0.6 is 15.9 Å². The van der Waals surface area contributed by atoms with E-state index in [1.807, 2.05) is 6.92 Å². The van der Waals surface area contributed by atoms with Crippen molar-refractivity contribution in [3.8, 4) is 5.75 Å². The second-order valence-electron chi connectivity index (χ2n) is 3.96. The zero-order chi connectivity index (χ0) is 13.8. The van der Waals surface area contributed by atoms with Gasteiger partial charge in [-0.25, -0.2) is 4.39 Å². The lowest BCUT2D eigenvalue weighted by molar-refractivity contribution is 0.213. The fourth-order valence-corrected chi connectivity index (χ4v) is 2.11. The van der Waals surface area contributed by atoms with Crippen LogP contribution in [0.25, 0.3) is 0 Å².